The summed E-state index contributed by atoms with van der Waals surface area (Å²) in [6, 6.07) is 5.90. The largest absolute Gasteiger partial charge is 0.444 e. The van der Waals surface area contributed by atoms with Crippen LogP contribution in [0.25, 0.3) is 11.0 Å². The van der Waals surface area contributed by atoms with Crippen molar-refractivity contribution in [2.75, 3.05) is 20.2 Å². The molecule has 3 rings (SSSR count). The molecule has 2 aromatic rings. The summed E-state index contributed by atoms with van der Waals surface area (Å²) in [5.74, 6) is 0. The molecule has 0 unspecified atom stereocenters. The number of hydrogen-bond acceptors (Lipinski definition) is 4. The minimum absolute atomic E-state index is 0.136. The van der Waals surface area contributed by atoms with Gasteiger partial charge in [0.15, 0.2) is 0 Å². The Morgan fingerprint density at radius 1 is 1.23 bits per heavy atom. The van der Waals surface area contributed by atoms with Gasteiger partial charge in [-0.25, -0.2) is 9.59 Å². The quantitative estimate of drug-likeness (QED) is 0.892. The molecule has 26 heavy (non-hydrogen) atoms. The van der Waals surface area contributed by atoms with Crippen LogP contribution in [-0.2, 0) is 22.1 Å². The number of methoxy groups -OCH3 is 1. The van der Waals surface area contributed by atoms with Gasteiger partial charge in [0.05, 0.1) is 16.6 Å². The van der Waals surface area contributed by atoms with Crippen LogP contribution in [0.5, 0.6) is 0 Å². The van der Waals surface area contributed by atoms with Gasteiger partial charge >= 0.3 is 11.8 Å². The first-order chi connectivity index (χ1) is 12.1. The first-order valence-corrected chi connectivity index (χ1v) is 8.87. The molecule has 0 aliphatic carbocycles. The van der Waals surface area contributed by atoms with E-state index in [2.05, 4.69) is 4.98 Å². The van der Waals surface area contributed by atoms with Crippen molar-refractivity contribution in [2.45, 2.75) is 44.8 Å². The van der Waals surface area contributed by atoms with Crippen molar-refractivity contribution < 1.29 is 14.3 Å². The smallest absolute Gasteiger partial charge is 0.410 e. The van der Waals surface area contributed by atoms with Crippen molar-refractivity contribution in [2.24, 2.45) is 7.05 Å². The van der Waals surface area contributed by atoms with Crippen LogP contribution in [0.4, 0.5) is 4.79 Å². The number of imidazole rings is 1. The van der Waals surface area contributed by atoms with E-state index in [0.29, 0.717) is 25.9 Å². The van der Waals surface area contributed by atoms with Crippen LogP contribution >= 0.6 is 0 Å². The summed E-state index contributed by atoms with van der Waals surface area (Å²) in [7, 11) is 3.44. The molecule has 2 heterocycles. The first kappa shape index (κ1) is 18.5. The molecule has 1 aromatic carbocycles. The SMILES string of the molecule is COC1(c2ccc3[nH]c(=O)n(C)c3c2)CCN(C(=O)OC(C)(C)C)CC1. The maximum Gasteiger partial charge on any atom is 0.410 e. The van der Waals surface area contributed by atoms with Gasteiger partial charge in [0.25, 0.3) is 0 Å². The maximum absolute atomic E-state index is 12.3. The normalized spacial score (nSPS) is 17.5. The van der Waals surface area contributed by atoms with Crippen molar-refractivity contribution in [1.82, 2.24) is 14.5 Å². The first-order valence-electron chi connectivity index (χ1n) is 8.87. The number of carbonyl (C=O) groups is 1. The molecule has 1 aliphatic heterocycles. The lowest BCUT2D eigenvalue weighted by atomic mass is 9.84. The minimum Gasteiger partial charge on any atom is -0.444 e. The zero-order chi connectivity index (χ0) is 19.1. The highest BCUT2D eigenvalue weighted by Crippen LogP contribution is 2.37. The Morgan fingerprint density at radius 2 is 1.88 bits per heavy atom. The van der Waals surface area contributed by atoms with E-state index in [9.17, 15) is 9.59 Å². The number of amides is 1. The van der Waals surface area contributed by atoms with Crippen LogP contribution in [0, 0.1) is 0 Å². The molecule has 0 bridgehead atoms. The summed E-state index contributed by atoms with van der Waals surface area (Å²) in [6.45, 7) is 6.72. The summed E-state index contributed by atoms with van der Waals surface area (Å²) in [5.41, 5.74) is 1.56. The van der Waals surface area contributed by atoms with Crippen molar-refractivity contribution in [3.63, 3.8) is 0 Å². The van der Waals surface area contributed by atoms with Gasteiger partial charge in [0.2, 0.25) is 0 Å². The molecule has 0 radical (unpaired) electrons. The Balaban J connectivity index is 1.82. The van der Waals surface area contributed by atoms with Gasteiger partial charge in [-0.1, -0.05) is 6.07 Å². The molecule has 142 valence electrons. The van der Waals surface area contributed by atoms with E-state index in [-0.39, 0.29) is 11.8 Å². The number of nitrogens with zero attached hydrogens (tertiary/aromatic N) is 2. The van der Waals surface area contributed by atoms with Gasteiger partial charge in [-0.15, -0.1) is 0 Å². The van der Waals surface area contributed by atoms with Crippen LogP contribution < -0.4 is 5.69 Å². The Kier molecular flexibility index (Phi) is 4.60. The van der Waals surface area contributed by atoms with Gasteiger partial charge in [0.1, 0.15) is 5.60 Å². The lowest BCUT2D eigenvalue weighted by Crippen LogP contribution is -2.47. The second-order valence-corrected chi connectivity index (χ2v) is 7.89. The summed E-state index contributed by atoms with van der Waals surface area (Å²) in [5, 5.41) is 0. The highest BCUT2D eigenvalue weighted by Gasteiger charge is 2.39. The van der Waals surface area contributed by atoms with Crippen LogP contribution in [0.15, 0.2) is 23.0 Å². The Hall–Kier alpha value is -2.28. The van der Waals surface area contributed by atoms with E-state index in [1.54, 1.807) is 23.6 Å². The minimum atomic E-state index is -0.503. The Labute approximate surface area is 152 Å². The Bertz CT molecular complexity index is 867. The highest BCUT2D eigenvalue weighted by atomic mass is 16.6. The number of rotatable bonds is 2. The number of aromatic nitrogens is 2. The number of ether oxygens (including phenoxy) is 2. The summed E-state index contributed by atoms with van der Waals surface area (Å²) < 4.78 is 13.0. The zero-order valence-corrected chi connectivity index (χ0v) is 16.1. The number of aryl methyl sites for hydroxylation is 1. The number of hydrogen-bond donors (Lipinski definition) is 1. The summed E-state index contributed by atoms with van der Waals surface area (Å²) >= 11 is 0. The maximum atomic E-state index is 12.3. The van der Waals surface area contributed by atoms with Gasteiger partial charge in [-0.3, -0.25) is 4.57 Å². The number of aromatic amines is 1. The zero-order valence-electron chi connectivity index (χ0n) is 16.1. The number of piperidine rings is 1. The fourth-order valence-corrected chi connectivity index (χ4v) is 3.49. The number of H-pyrrole nitrogens is 1. The van der Waals surface area contributed by atoms with E-state index < -0.39 is 11.2 Å². The third kappa shape index (κ3) is 3.35. The molecule has 1 amide bonds. The lowest BCUT2D eigenvalue weighted by Gasteiger charge is -2.41. The van der Waals surface area contributed by atoms with E-state index in [4.69, 9.17) is 9.47 Å². The molecule has 0 spiro atoms. The number of carbonyl (C=O) groups excluding carboxylic acids is 1. The van der Waals surface area contributed by atoms with Gasteiger partial charge in [0, 0.05) is 27.2 Å². The molecule has 7 nitrogen and oxygen atoms in total. The average Bonchev–Trinajstić information content (AvgIpc) is 2.87. The van der Waals surface area contributed by atoms with Crippen molar-refractivity contribution in [3.05, 3.63) is 34.2 Å². The van der Waals surface area contributed by atoms with Crippen molar-refractivity contribution in [3.8, 4) is 0 Å². The third-order valence-corrected chi connectivity index (χ3v) is 5.04. The second kappa shape index (κ2) is 6.46. The van der Waals surface area contributed by atoms with E-state index in [1.165, 1.54) is 0 Å². The van der Waals surface area contributed by atoms with Crippen LogP contribution in [0.2, 0.25) is 0 Å². The average molecular weight is 361 g/mol. The summed E-state index contributed by atoms with van der Waals surface area (Å²) in [6.07, 6.45) is 1.06. The molecular weight excluding hydrogens is 334 g/mol. The van der Waals surface area contributed by atoms with Crippen LogP contribution in [-0.4, -0.2) is 46.3 Å². The van der Waals surface area contributed by atoms with Gasteiger partial charge in [-0.05, 0) is 51.3 Å². The molecule has 1 saturated heterocycles. The monoisotopic (exact) mass is 361 g/mol. The summed E-state index contributed by atoms with van der Waals surface area (Å²) in [4.78, 5) is 28.7. The number of nitrogens with one attached hydrogen (secondary N) is 1. The predicted octanol–water partition coefficient (Wildman–Crippen LogP) is 2.74. The molecule has 1 aromatic heterocycles. The molecular formula is C19H27N3O4. The van der Waals surface area contributed by atoms with E-state index in [0.717, 1.165) is 16.6 Å². The number of fused-ring (bicyclic) bond motifs is 1. The predicted molar refractivity (Wildman–Crippen MR) is 99.3 cm³/mol. The van der Waals surface area contributed by atoms with Crippen molar-refractivity contribution in [1.29, 1.82) is 0 Å². The van der Waals surface area contributed by atoms with Crippen molar-refractivity contribution >= 4 is 17.1 Å². The molecule has 0 atom stereocenters. The number of benzene rings is 1. The fraction of sp³-hybridized carbons (Fsp3) is 0.579. The molecule has 1 fully saturated rings. The standard InChI is InChI=1S/C19H27N3O4/c1-18(2,3)26-17(24)22-10-8-19(25-5,9-11-22)13-6-7-14-15(12-13)21(4)16(23)20-14/h6-7,12H,8-11H2,1-5H3,(H,20,23). The van der Waals surface area contributed by atoms with Gasteiger partial charge in [-0.2, -0.15) is 0 Å². The molecule has 0 saturated carbocycles. The van der Waals surface area contributed by atoms with Gasteiger partial charge < -0.3 is 19.4 Å². The van der Waals surface area contributed by atoms with Crippen LogP contribution in [0.1, 0.15) is 39.2 Å². The molecule has 1 aliphatic rings. The fourth-order valence-electron chi connectivity index (χ4n) is 3.49. The highest BCUT2D eigenvalue weighted by molar-refractivity contribution is 5.76. The van der Waals surface area contributed by atoms with E-state index >= 15 is 0 Å². The second-order valence-electron chi connectivity index (χ2n) is 7.89. The third-order valence-electron chi connectivity index (χ3n) is 5.04. The topological polar surface area (TPSA) is 76.6 Å². The molecule has 7 heteroatoms. The Morgan fingerprint density at radius 3 is 2.46 bits per heavy atom. The lowest BCUT2D eigenvalue weighted by molar-refractivity contribution is -0.0650. The molecule has 1 N–H and O–H groups in total. The number of likely N-dealkylation sites (tertiary alicyclic amines) is 1. The van der Waals surface area contributed by atoms with Crippen LogP contribution in [0.3, 0.4) is 0 Å². The van der Waals surface area contributed by atoms with E-state index in [1.807, 2.05) is 39.0 Å².